The van der Waals surface area contributed by atoms with Gasteiger partial charge in [0, 0.05) is 6.42 Å². The molecule has 1 aliphatic rings. The monoisotopic (exact) mass is 1100 g/mol. The van der Waals surface area contributed by atoms with Gasteiger partial charge in [-0.05, 0) is 103 Å². The molecule has 1 amide bonds. The maximum absolute atomic E-state index is 13.1. The van der Waals surface area contributed by atoms with Crippen LogP contribution >= 0.6 is 0 Å². The number of amides is 1. The van der Waals surface area contributed by atoms with Crippen LogP contribution in [0, 0.1) is 0 Å². The van der Waals surface area contributed by atoms with E-state index in [1.807, 2.05) is 6.08 Å². The van der Waals surface area contributed by atoms with Gasteiger partial charge in [-0.1, -0.05) is 269 Å². The molecule has 79 heavy (non-hydrogen) atoms. The minimum atomic E-state index is -1.58. The summed E-state index contributed by atoms with van der Waals surface area (Å²) in [5.74, 6) is -0.214. The van der Waals surface area contributed by atoms with Gasteiger partial charge in [0.05, 0.1) is 25.4 Å². The zero-order chi connectivity index (χ0) is 57.2. The summed E-state index contributed by atoms with van der Waals surface area (Å²) in [6.45, 7) is 3.64. The van der Waals surface area contributed by atoms with Crippen molar-refractivity contribution in [2.45, 2.75) is 275 Å². The molecule has 0 aromatic heterocycles. The summed E-state index contributed by atoms with van der Waals surface area (Å²) in [7, 11) is 0. The molecule has 0 radical (unpaired) electrons. The predicted octanol–water partition coefficient (Wildman–Crippen LogP) is 16.6. The maximum atomic E-state index is 13.1. The molecule has 7 unspecified atom stereocenters. The van der Waals surface area contributed by atoms with E-state index in [1.165, 1.54) is 96.3 Å². The van der Waals surface area contributed by atoms with Gasteiger partial charge < -0.3 is 40.3 Å². The van der Waals surface area contributed by atoms with Crippen LogP contribution < -0.4 is 5.32 Å². The number of ether oxygens (including phenoxy) is 2. The fourth-order valence-corrected chi connectivity index (χ4v) is 8.98. The van der Waals surface area contributed by atoms with Crippen molar-refractivity contribution in [1.29, 1.82) is 0 Å². The number of aliphatic hydroxyl groups excluding tert-OH is 5. The highest BCUT2D eigenvalue weighted by molar-refractivity contribution is 5.76. The third-order valence-corrected chi connectivity index (χ3v) is 13.9. The Morgan fingerprint density at radius 2 is 0.785 bits per heavy atom. The molecule has 0 aromatic carbocycles. The average Bonchev–Trinajstić information content (AvgIpc) is 3.46. The van der Waals surface area contributed by atoms with Crippen LogP contribution in [0.2, 0.25) is 0 Å². The molecule has 1 aliphatic heterocycles. The summed E-state index contributed by atoms with van der Waals surface area (Å²) >= 11 is 0. The first kappa shape index (κ1) is 73.1. The van der Waals surface area contributed by atoms with E-state index in [0.717, 1.165) is 109 Å². The zero-order valence-electron chi connectivity index (χ0n) is 49.8. The van der Waals surface area contributed by atoms with Crippen molar-refractivity contribution in [3.05, 3.63) is 146 Å². The number of aliphatic hydroxyl groups is 5. The highest BCUT2D eigenvalue weighted by atomic mass is 16.7. The van der Waals surface area contributed by atoms with E-state index in [4.69, 9.17) is 9.47 Å². The highest BCUT2D eigenvalue weighted by Gasteiger charge is 2.44. The van der Waals surface area contributed by atoms with Crippen LogP contribution in [0.25, 0.3) is 0 Å². The zero-order valence-corrected chi connectivity index (χ0v) is 49.8. The lowest BCUT2D eigenvalue weighted by atomic mass is 9.99. The third-order valence-electron chi connectivity index (χ3n) is 13.9. The summed E-state index contributed by atoms with van der Waals surface area (Å²) in [5, 5.41) is 54.6. The molecule has 1 saturated heterocycles. The van der Waals surface area contributed by atoms with E-state index in [-0.39, 0.29) is 12.5 Å². The molecule has 9 heteroatoms. The van der Waals surface area contributed by atoms with Gasteiger partial charge in [0.1, 0.15) is 24.4 Å². The molecule has 0 spiro atoms. The smallest absolute Gasteiger partial charge is 0.220 e. The molecule has 0 aromatic rings. The molecule has 0 saturated carbocycles. The molecule has 1 rings (SSSR count). The van der Waals surface area contributed by atoms with Crippen LogP contribution in [0.1, 0.15) is 232 Å². The van der Waals surface area contributed by atoms with E-state index >= 15 is 0 Å². The quantitative estimate of drug-likeness (QED) is 0.0261. The SMILES string of the molecule is CC/C=C\C/C=C\C/C=C\C/C=C\C/C=C\C/C=C\C/C=C\C/C=C\C/C=C\C/C=C\C/C=C\CCCCCC(=O)NC(COC1OC(CO)C(O)C(O)C1O)C(O)/C=C/CCCCCCCCCCCCCCCCCCC. The Hall–Kier alpha value is -3.93. The third kappa shape index (κ3) is 46.4. The van der Waals surface area contributed by atoms with Crippen LogP contribution in [0.5, 0.6) is 0 Å². The van der Waals surface area contributed by atoms with Gasteiger partial charge in [0.25, 0.3) is 0 Å². The maximum Gasteiger partial charge on any atom is 0.220 e. The van der Waals surface area contributed by atoms with E-state index in [1.54, 1.807) is 6.08 Å². The molecule has 0 aliphatic carbocycles. The van der Waals surface area contributed by atoms with Crippen molar-refractivity contribution in [2.24, 2.45) is 0 Å². The lowest BCUT2D eigenvalue weighted by Crippen LogP contribution is -2.60. The second-order valence-corrected chi connectivity index (χ2v) is 21.1. The van der Waals surface area contributed by atoms with Gasteiger partial charge in [-0.15, -0.1) is 0 Å². The largest absolute Gasteiger partial charge is 0.394 e. The van der Waals surface area contributed by atoms with Gasteiger partial charge in [-0.25, -0.2) is 0 Å². The molecule has 1 heterocycles. The van der Waals surface area contributed by atoms with Crippen LogP contribution in [-0.2, 0) is 14.3 Å². The van der Waals surface area contributed by atoms with E-state index in [0.29, 0.717) is 12.8 Å². The van der Waals surface area contributed by atoms with Gasteiger partial charge in [0.15, 0.2) is 6.29 Å². The molecular weight excluding hydrogens is 983 g/mol. The molecule has 9 nitrogen and oxygen atoms in total. The van der Waals surface area contributed by atoms with Gasteiger partial charge in [-0.3, -0.25) is 4.79 Å². The van der Waals surface area contributed by atoms with Crippen LogP contribution in [0.3, 0.4) is 0 Å². The number of carbonyl (C=O) groups excluding carboxylic acids is 1. The molecule has 6 N–H and O–H groups in total. The van der Waals surface area contributed by atoms with Gasteiger partial charge in [-0.2, -0.15) is 0 Å². The van der Waals surface area contributed by atoms with Crippen LogP contribution in [0.4, 0.5) is 0 Å². The topological polar surface area (TPSA) is 149 Å². The molecular formula is C70H115NO8. The Labute approximate surface area is 483 Å². The number of unbranched alkanes of at least 4 members (excludes halogenated alkanes) is 20. The average molecular weight is 1100 g/mol. The van der Waals surface area contributed by atoms with Crippen molar-refractivity contribution in [1.82, 2.24) is 5.32 Å². The second kappa shape index (κ2) is 57.3. The number of hydrogen-bond donors (Lipinski definition) is 6. The highest BCUT2D eigenvalue weighted by Crippen LogP contribution is 2.23. The normalized spacial score (nSPS) is 19.6. The van der Waals surface area contributed by atoms with Crippen LogP contribution in [0.15, 0.2) is 146 Å². The van der Waals surface area contributed by atoms with E-state index in [2.05, 4.69) is 153 Å². The fraction of sp³-hybridized carbons (Fsp3) is 0.643. The van der Waals surface area contributed by atoms with Crippen molar-refractivity contribution >= 4 is 5.91 Å². The molecule has 7 atom stereocenters. The Bertz CT molecular complexity index is 1750. The van der Waals surface area contributed by atoms with Crippen molar-refractivity contribution < 1.29 is 39.8 Å². The minimum Gasteiger partial charge on any atom is -0.394 e. The van der Waals surface area contributed by atoms with Gasteiger partial charge >= 0.3 is 0 Å². The first-order valence-corrected chi connectivity index (χ1v) is 31.6. The van der Waals surface area contributed by atoms with Crippen molar-refractivity contribution in [2.75, 3.05) is 13.2 Å². The second-order valence-electron chi connectivity index (χ2n) is 21.1. The van der Waals surface area contributed by atoms with Crippen LogP contribution in [-0.4, -0.2) is 87.5 Å². The Kier molecular flexibility index (Phi) is 53.0. The molecule has 448 valence electrons. The van der Waals surface area contributed by atoms with E-state index < -0.39 is 49.5 Å². The Morgan fingerprint density at radius 3 is 1.16 bits per heavy atom. The number of carbonyl (C=O) groups is 1. The van der Waals surface area contributed by atoms with Gasteiger partial charge in [0.2, 0.25) is 5.91 Å². The standard InChI is InChI=1S/C70H115NO8/c1-3-5-7-9-11-13-15-17-19-21-23-24-25-26-27-28-29-30-31-32-33-34-35-36-37-38-39-40-42-44-46-48-50-52-54-56-58-60-66(74)71-63(62-78-70-69(77)68(76)67(75)65(61-72)79-70)64(73)59-57-55-53-51-49-47-45-43-41-22-20-18-16-14-12-10-8-6-4-2/h5,7,11,13,17,19,23-24,26-27,29-30,32-33,35-36,38-39,42,44,48,50,57,59,63-65,67-70,72-73,75-77H,3-4,6,8-10,12,14-16,18,20-22,25,28,31,34,37,40-41,43,45-47,49,51-56,58,60-62H2,1-2H3,(H,71,74)/b7-5-,13-11-,19-17-,24-23-,27-26-,30-29-,33-32-,36-35-,39-38-,44-42-,50-48-,59-57+. The summed E-state index contributed by atoms with van der Waals surface area (Å²) in [4.78, 5) is 13.1. The van der Waals surface area contributed by atoms with Crippen molar-refractivity contribution in [3.8, 4) is 0 Å². The summed E-state index contributed by atoms with van der Waals surface area (Å²) in [6.07, 6.45) is 82.0. The minimum absolute atomic E-state index is 0.211. The summed E-state index contributed by atoms with van der Waals surface area (Å²) in [5.41, 5.74) is 0. The van der Waals surface area contributed by atoms with Crippen molar-refractivity contribution in [3.63, 3.8) is 0 Å². The Balaban J connectivity index is 2.24. The first-order valence-electron chi connectivity index (χ1n) is 31.6. The molecule has 0 bridgehead atoms. The number of allylic oxidation sites excluding steroid dienone is 23. The molecule has 1 fully saturated rings. The summed E-state index contributed by atoms with van der Waals surface area (Å²) in [6, 6.07) is -0.835. The first-order chi connectivity index (χ1) is 38.8. The predicted molar refractivity (Wildman–Crippen MR) is 336 cm³/mol. The number of rotatable bonds is 52. The summed E-state index contributed by atoms with van der Waals surface area (Å²) < 4.78 is 11.3. The fourth-order valence-electron chi connectivity index (χ4n) is 8.98. The Morgan fingerprint density at radius 1 is 0.443 bits per heavy atom. The lowest BCUT2D eigenvalue weighted by molar-refractivity contribution is -0.302. The number of hydrogen-bond acceptors (Lipinski definition) is 8. The number of nitrogens with one attached hydrogen (secondary N) is 1. The lowest BCUT2D eigenvalue weighted by Gasteiger charge is -2.40. The van der Waals surface area contributed by atoms with E-state index in [9.17, 15) is 30.3 Å².